The van der Waals surface area contributed by atoms with Crippen LogP contribution >= 0.6 is 11.6 Å². The number of carbonyl (C=O) groups excluding carboxylic acids is 1. The first kappa shape index (κ1) is 15.3. The van der Waals surface area contributed by atoms with E-state index in [2.05, 4.69) is 5.32 Å². The Morgan fingerprint density at radius 1 is 1.35 bits per heavy atom. The van der Waals surface area contributed by atoms with Gasteiger partial charge in [-0.25, -0.2) is 0 Å². The van der Waals surface area contributed by atoms with Gasteiger partial charge in [0, 0.05) is 17.0 Å². The maximum absolute atomic E-state index is 12.6. The average Bonchev–Trinajstić information content (AvgIpc) is 2.48. The number of benzene rings is 1. The standard InChI is InChI=1S/C16H22ClNO2/c1-18-16(8-4-3-5-9-16)11-14(19)13-10-12(17)6-7-15(13)20-2/h6-7,10,18H,3-5,8-9,11H2,1-2H3. The third kappa shape index (κ3) is 3.33. The lowest BCUT2D eigenvalue weighted by Gasteiger charge is -2.36. The summed E-state index contributed by atoms with van der Waals surface area (Å²) < 4.78 is 5.28. The van der Waals surface area contributed by atoms with Crippen LogP contribution in [0.5, 0.6) is 5.75 Å². The van der Waals surface area contributed by atoms with Crippen LogP contribution in [0.25, 0.3) is 0 Å². The summed E-state index contributed by atoms with van der Waals surface area (Å²) in [6.45, 7) is 0. The van der Waals surface area contributed by atoms with Crippen molar-refractivity contribution in [2.24, 2.45) is 0 Å². The maximum atomic E-state index is 12.6. The van der Waals surface area contributed by atoms with E-state index in [1.807, 2.05) is 7.05 Å². The highest BCUT2D eigenvalue weighted by atomic mass is 35.5. The van der Waals surface area contributed by atoms with Gasteiger partial charge in [0.2, 0.25) is 0 Å². The molecular weight excluding hydrogens is 274 g/mol. The number of nitrogens with one attached hydrogen (secondary N) is 1. The highest BCUT2D eigenvalue weighted by Gasteiger charge is 2.33. The lowest BCUT2D eigenvalue weighted by molar-refractivity contribution is 0.0912. The minimum atomic E-state index is -0.0668. The normalized spacial score (nSPS) is 17.8. The maximum Gasteiger partial charge on any atom is 0.168 e. The molecule has 2 rings (SSSR count). The van der Waals surface area contributed by atoms with E-state index in [9.17, 15) is 4.79 Å². The minimum Gasteiger partial charge on any atom is -0.496 e. The smallest absolute Gasteiger partial charge is 0.168 e. The largest absolute Gasteiger partial charge is 0.496 e. The predicted octanol–water partition coefficient (Wildman–Crippen LogP) is 3.84. The average molecular weight is 296 g/mol. The van der Waals surface area contributed by atoms with Crippen molar-refractivity contribution in [2.45, 2.75) is 44.1 Å². The second kappa shape index (κ2) is 6.59. The van der Waals surface area contributed by atoms with E-state index in [1.165, 1.54) is 19.3 Å². The van der Waals surface area contributed by atoms with E-state index < -0.39 is 0 Å². The molecule has 0 saturated heterocycles. The molecule has 1 aliphatic rings. The van der Waals surface area contributed by atoms with E-state index in [0.29, 0.717) is 22.8 Å². The topological polar surface area (TPSA) is 38.3 Å². The second-order valence-electron chi connectivity index (χ2n) is 5.54. The molecule has 1 fully saturated rings. The molecule has 0 bridgehead atoms. The van der Waals surface area contributed by atoms with Crippen molar-refractivity contribution in [3.63, 3.8) is 0 Å². The lowest BCUT2D eigenvalue weighted by Crippen LogP contribution is -2.46. The van der Waals surface area contributed by atoms with Crippen LogP contribution in [0.4, 0.5) is 0 Å². The Kier molecular flexibility index (Phi) is 5.06. The molecule has 0 aromatic heterocycles. The van der Waals surface area contributed by atoms with Gasteiger partial charge in [-0.15, -0.1) is 0 Å². The summed E-state index contributed by atoms with van der Waals surface area (Å²) in [6.07, 6.45) is 6.23. The molecule has 4 heteroatoms. The Balaban J connectivity index is 2.20. The van der Waals surface area contributed by atoms with Gasteiger partial charge >= 0.3 is 0 Å². The molecule has 1 aromatic rings. The van der Waals surface area contributed by atoms with E-state index in [-0.39, 0.29) is 11.3 Å². The molecule has 1 aliphatic carbocycles. The number of hydrogen-bond donors (Lipinski definition) is 1. The molecule has 0 aliphatic heterocycles. The molecule has 110 valence electrons. The number of methoxy groups -OCH3 is 1. The molecule has 1 aromatic carbocycles. The number of hydrogen-bond acceptors (Lipinski definition) is 3. The summed E-state index contributed by atoms with van der Waals surface area (Å²) in [5, 5.41) is 3.94. The Bertz CT molecular complexity index is 481. The Labute approximate surface area is 125 Å². The molecule has 1 saturated carbocycles. The molecule has 20 heavy (non-hydrogen) atoms. The third-order valence-corrected chi connectivity index (χ3v) is 4.54. The fourth-order valence-corrected chi connectivity index (χ4v) is 3.22. The van der Waals surface area contributed by atoms with Gasteiger partial charge < -0.3 is 10.1 Å². The van der Waals surface area contributed by atoms with Crippen LogP contribution in [0.15, 0.2) is 18.2 Å². The highest BCUT2D eigenvalue weighted by Crippen LogP contribution is 2.33. The van der Waals surface area contributed by atoms with Gasteiger partial charge in [-0.2, -0.15) is 0 Å². The summed E-state index contributed by atoms with van der Waals surface area (Å²) in [4.78, 5) is 12.6. The fourth-order valence-electron chi connectivity index (χ4n) is 3.04. The Morgan fingerprint density at radius 2 is 2.05 bits per heavy atom. The fraction of sp³-hybridized carbons (Fsp3) is 0.562. The Hall–Kier alpha value is -1.06. The van der Waals surface area contributed by atoms with Crippen molar-refractivity contribution in [3.05, 3.63) is 28.8 Å². The summed E-state index contributed by atoms with van der Waals surface area (Å²) in [5.41, 5.74) is 0.517. The molecular formula is C16H22ClNO2. The third-order valence-electron chi connectivity index (χ3n) is 4.30. The van der Waals surface area contributed by atoms with Gasteiger partial charge in [0.25, 0.3) is 0 Å². The highest BCUT2D eigenvalue weighted by molar-refractivity contribution is 6.31. The molecule has 0 heterocycles. The van der Waals surface area contributed by atoms with E-state index in [1.54, 1.807) is 25.3 Å². The number of ketones is 1. The minimum absolute atomic E-state index is 0.0668. The van der Waals surface area contributed by atoms with Crippen LogP contribution in [0, 0.1) is 0 Å². The second-order valence-corrected chi connectivity index (χ2v) is 5.97. The van der Waals surface area contributed by atoms with Crippen molar-refractivity contribution in [1.82, 2.24) is 5.32 Å². The van der Waals surface area contributed by atoms with Gasteiger partial charge in [0.1, 0.15) is 5.75 Å². The first-order chi connectivity index (χ1) is 9.60. The Morgan fingerprint density at radius 3 is 2.65 bits per heavy atom. The van der Waals surface area contributed by atoms with Gasteiger partial charge in [-0.05, 0) is 38.1 Å². The summed E-state index contributed by atoms with van der Waals surface area (Å²) >= 11 is 6.01. The van der Waals surface area contributed by atoms with E-state index in [4.69, 9.17) is 16.3 Å². The van der Waals surface area contributed by atoms with Crippen LogP contribution in [0.2, 0.25) is 5.02 Å². The van der Waals surface area contributed by atoms with Crippen molar-refractivity contribution in [3.8, 4) is 5.75 Å². The van der Waals surface area contributed by atoms with Crippen LogP contribution in [0.3, 0.4) is 0 Å². The molecule has 0 spiro atoms. The van der Waals surface area contributed by atoms with Gasteiger partial charge in [-0.3, -0.25) is 4.79 Å². The first-order valence-corrected chi connectivity index (χ1v) is 7.54. The van der Waals surface area contributed by atoms with Crippen LogP contribution in [0.1, 0.15) is 48.9 Å². The zero-order chi connectivity index (χ0) is 14.6. The van der Waals surface area contributed by atoms with Crippen LogP contribution < -0.4 is 10.1 Å². The van der Waals surface area contributed by atoms with E-state index in [0.717, 1.165) is 12.8 Å². The van der Waals surface area contributed by atoms with Crippen molar-refractivity contribution in [2.75, 3.05) is 14.2 Å². The van der Waals surface area contributed by atoms with Gasteiger partial charge in [-0.1, -0.05) is 30.9 Å². The molecule has 1 N–H and O–H groups in total. The van der Waals surface area contributed by atoms with E-state index >= 15 is 0 Å². The van der Waals surface area contributed by atoms with Crippen molar-refractivity contribution in [1.29, 1.82) is 0 Å². The molecule has 0 atom stereocenters. The van der Waals surface area contributed by atoms with Crippen LogP contribution in [-0.4, -0.2) is 25.5 Å². The number of Topliss-reactive ketones (excluding diaryl/α,β-unsaturated/α-hetero) is 1. The first-order valence-electron chi connectivity index (χ1n) is 7.16. The monoisotopic (exact) mass is 295 g/mol. The summed E-state index contributed by atoms with van der Waals surface area (Å²) in [6, 6.07) is 5.20. The van der Waals surface area contributed by atoms with Crippen LogP contribution in [-0.2, 0) is 0 Å². The number of carbonyl (C=O) groups is 1. The SMILES string of the molecule is CNC1(CC(=O)c2cc(Cl)ccc2OC)CCCCC1. The van der Waals surface area contributed by atoms with Crippen molar-refractivity contribution < 1.29 is 9.53 Å². The molecule has 3 nitrogen and oxygen atoms in total. The zero-order valence-electron chi connectivity index (χ0n) is 12.2. The molecule has 0 radical (unpaired) electrons. The molecule has 0 unspecified atom stereocenters. The van der Waals surface area contributed by atoms with Crippen molar-refractivity contribution >= 4 is 17.4 Å². The lowest BCUT2D eigenvalue weighted by atomic mass is 9.77. The summed E-state index contributed by atoms with van der Waals surface area (Å²) in [5.74, 6) is 0.696. The molecule has 0 amide bonds. The zero-order valence-corrected chi connectivity index (χ0v) is 12.9. The van der Waals surface area contributed by atoms with Gasteiger partial charge in [0.15, 0.2) is 5.78 Å². The summed E-state index contributed by atoms with van der Waals surface area (Å²) in [7, 11) is 3.53. The number of halogens is 1. The quantitative estimate of drug-likeness (QED) is 0.839. The number of rotatable bonds is 5. The van der Waals surface area contributed by atoms with Gasteiger partial charge in [0.05, 0.1) is 12.7 Å². The number of ether oxygens (including phenoxy) is 1. The predicted molar refractivity (Wildman–Crippen MR) is 81.8 cm³/mol.